The Labute approximate surface area is 89.1 Å². The van der Waals surface area contributed by atoms with Gasteiger partial charge in [0, 0.05) is 12.8 Å². The number of hydrogen-bond acceptors (Lipinski definition) is 0. The summed E-state index contributed by atoms with van der Waals surface area (Å²) in [6, 6.07) is 0. The third kappa shape index (κ3) is 6.54. The Kier molecular flexibility index (Phi) is 9.43. The first-order valence-electron chi connectivity index (χ1n) is 5.73. The summed E-state index contributed by atoms with van der Waals surface area (Å²) < 4.78 is 0. The van der Waals surface area contributed by atoms with E-state index in [0.717, 1.165) is 12.8 Å². The molecular weight excluding hydrogens is 168 g/mol. The summed E-state index contributed by atoms with van der Waals surface area (Å²) in [6.07, 6.45) is 12.1. The van der Waals surface area contributed by atoms with E-state index in [0.29, 0.717) is 0 Å². The third-order valence-corrected chi connectivity index (χ3v) is 1.92. The van der Waals surface area contributed by atoms with Gasteiger partial charge in [0.1, 0.15) is 0 Å². The zero-order valence-electron chi connectivity index (χ0n) is 9.77. The van der Waals surface area contributed by atoms with E-state index in [1.165, 1.54) is 24.8 Å². The molecule has 0 heterocycles. The molecule has 1 aliphatic carbocycles. The lowest BCUT2D eigenvalue weighted by molar-refractivity contribution is 0.930. The van der Waals surface area contributed by atoms with Crippen molar-refractivity contribution in [2.75, 3.05) is 0 Å². The van der Waals surface area contributed by atoms with Crippen LogP contribution in [0.15, 0.2) is 23.8 Å². The van der Waals surface area contributed by atoms with Crippen molar-refractivity contribution in [1.82, 2.24) is 0 Å². The van der Waals surface area contributed by atoms with Crippen LogP contribution in [-0.2, 0) is 0 Å². The van der Waals surface area contributed by atoms with Gasteiger partial charge in [-0.3, -0.25) is 0 Å². The first-order chi connectivity index (χ1) is 6.93. The average molecular weight is 190 g/mol. The maximum Gasteiger partial charge on any atom is 0.0302 e. The second-order valence-corrected chi connectivity index (χ2v) is 3.07. The van der Waals surface area contributed by atoms with Crippen LogP contribution in [0.5, 0.6) is 0 Å². The smallest absolute Gasteiger partial charge is 0.0302 e. The molecule has 0 fully saturated rings. The maximum atomic E-state index is 3.20. The summed E-state index contributed by atoms with van der Waals surface area (Å²) in [5, 5.41) is 0. The minimum Gasteiger partial charge on any atom is -0.103 e. The molecule has 14 heavy (non-hydrogen) atoms. The molecule has 1 rings (SSSR count). The van der Waals surface area contributed by atoms with Crippen LogP contribution >= 0.6 is 0 Å². The summed E-state index contributed by atoms with van der Waals surface area (Å²) in [4.78, 5) is 0. The topological polar surface area (TPSA) is 0 Å². The highest BCUT2D eigenvalue weighted by Crippen LogP contribution is 2.14. The van der Waals surface area contributed by atoms with Gasteiger partial charge < -0.3 is 0 Å². The summed E-state index contributed by atoms with van der Waals surface area (Å²) in [6.45, 7) is 6.16. The Morgan fingerprint density at radius 2 is 2.07 bits per heavy atom. The van der Waals surface area contributed by atoms with Crippen LogP contribution in [0.1, 0.15) is 52.9 Å². The van der Waals surface area contributed by atoms with E-state index in [1.807, 2.05) is 13.8 Å². The lowest BCUT2D eigenvalue weighted by Crippen LogP contribution is -1.85. The zero-order chi connectivity index (χ0) is 10.6. The van der Waals surface area contributed by atoms with Crippen LogP contribution in [-0.4, -0.2) is 0 Å². The van der Waals surface area contributed by atoms with Gasteiger partial charge in [-0.15, -0.1) is 5.92 Å². The van der Waals surface area contributed by atoms with E-state index in [4.69, 9.17) is 0 Å². The van der Waals surface area contributed by atoms with Gasteiger partial charge in [0.25, 0.3) is 0 Å². The Balaban J connectivity index is 0.000000791. The van der Waals surface area contributed by atoms with E-state index in [-0.39, 0.29) is 0 Å². The SMILES string of the molecule is CC.CCCC#CCC1=CC=CCC1. The molecule has 0 aliphatic heterocycles. The normalized spacial score (nSPS) is 13.2. The van der Waals surface area contributed by atoms with Crippen LogP contribution in [0.25, 0.3) is 0 Å². The molecule has 0 bridgehead atoms. The fourth-order valence-corrected chi connectivity index (χ4v) is 1.19. The van der Waals surface area contributed by atoms with Crippen LogP contribution in [0.3, 0.4) is 0 Å². The van der Waals surface area contributed by atoms with E-state index < -0.39 is 0 Å². The molecular formula is C14H22. The molecule has 0 aromatic carbocycles. The first-order valence-corrected chi connectivity index (χ1v) is 5.73. The monoisotopic (exact) mass is 190 g/mol. The summed E-state index contributed by atoms with van der Waals surface area (Å²) >= 11 is 0. The third-order valence-electron chi connectivity index (χ3n) is 1.92. The van der Waals surface area contributed by atoms with Crippen LogP contribution < -0.4 is 0 Å². The Bertz CT molecular complexity index is 232. The first kappa shape index (κ1) is 13.0. The van der Waals surface area contributed by atoms with Gasteiger partial charge in [-0.05, 0) is 19.3 Å². The number of rotatable bonds is 2. The molecule has 0 nitrogen and oxygen atoms in total. The van der Waals surface area contributed by atoms with Crippen molar-refractivity contribution in [3.8, 4) is 11.8 Å². The van der Waals surface area contributed by atoms with Crippen molar-refractivity contribution >= 4 is 0 Å². The minimum absolute atomic E-state index is 0.977. The van der Waals surface area contributed by atoms with Crippen LogP contribution in [0, 0.1) is 11.8 Å². The van der Waals surface area contributed by atoms with Crippen molar-refractivity contribution < 1.29 is 0 Å². The van der Waals surface area contributed by atoms with Gasteiger partial charge >= 0.3 is 0 Å². The summed E-state index contributed by atoms with van der Waals surface area (Å²) in [5.41, 5.74) is 1.49. The Morgan fingerprint density at radius 3 is 2.64 bits per heavy atom. The highest BCUT2D eigenvalue weighted by Gasteiger charge is 1.95. The molecule has 0 unspecified atom stereocenters. The Hall–Kier alpha value is -0.960. The molecule has 0 aromatic heterocycles. The molecule has 0 saturated carbocycles. The summed E-state index contributed by atoms with van der Waals surface area (Å²) in [5.74, 6) is 6.37. The van der Waals surface area contributed by atoms with E-state index in [1.54, 1.807) is 0 Å². The lowest BCUT2D eigenvalue weighted by atomic mass is 10.0. The van der Waals surface area contributed by atoms with E-state index in [2.05, 4.69) is 37.0 Å². The van der Waals surface area contributed by atoms with Gasteiger partial charge in [-0.1, -0.05) is 50.5 Å². The van der Waals surface area contributed by atoms with Crippen molar-refractivity contribution in [2.24, 2.45) is 0 Å². The van der Waals surface area contributed by atoms with Gasteiger partial charge in [0.05, 0.1) is 0 Å². The van der Waals surface area contributed by atoms with Crippen LogP contribution in [0.4, 0.5) is 0 Å². The fourth-order valence-electron chi connectivity index (χ4n) is 1.19. The largest absolute Gasteiger partial charge is 0.103 e. The molecule has 0 heteroatoms. The number of hydrogen-bond donors (Lipinski definition) is 0. The van der Waals surface area contributed by atoms with E-state index in [9.17, 15) is 0 Å². The van der Waals surface area contributed by atoms with Crippen molar-refractivity contribution in [3.63, 3.8) is 0 Å². The molecule has 1 aliphatic rings. The fraction of sp³-hybridized carbons (Fsp3) is 0.571. The number of unbranched alkanes of at least 4 members (excludes halogenated alkanes) is 1. The van der Waals surface area contributed by atoms with Crippen molar-refractivity contribution in [2.45, 2.75) is 52.9 Å². The molecule has 0 amide bonds. The summed E-state index contributed by atoms with van der Waals surface area (Å²) in [7, 11) is 0. The molecule has 0 saturated heterocycles. The predicted octanol–water partition coefficient (Wildman–Crippen LogP) is 4.48. The second-order valence-electron chi connectivity index (χ2n) is 3.07. The Morgan fingerprint density at radius 1 is 1.29 bits per heavy atom. The van der Waals surface area contributed by atoms with E-state index >= 15 is 0 Å². The van der Waals surface area contributed by atoms with Crippen molar-refractivity contribution in [3.05, 3.63) is 23.8 Å². The minimum atomic E-state index is 0.977. The average Bonchev–Trinajstić information content (AvgIpc) is 2.29. The quantitative estimate of drug-likeness (QED) is 0.563. The van der Waals surface area contributed by atoms with Gasteiger partial charge in [-0.25, -0.2) is 0 Å². The predicted molar refractivity (Wildman–Crippen MR) is 65.1 cm³/mol. The highest BCUT2D eigenvalue weighted by molar-refractivity contribution is 5.22. The molecule has 0 atom stereocenters. The maximum absolute atomic E-state index is 3.20. The zero-order valence-corrected chi connectivity index (χ0v) is 9.77. The molecule has 0 spiro atoms. The van der Waals surface area contributed by atoms with Gasteiger partial charge in [-0.2, -0.15) is 0 Å². The van der Waals surface area contributed by atoms with Gasteiger partial charge in [0.15, 0.2) is 0 Å². The molecule has 0 N–H and O–H groups in total. The second kappa shape index (κ2) is 10.1. The van der Waals surface area contributed by atoms with Crippen molar-refractivity contribution in [1.29, 1.82) is 0 Å². The highest BCUT2D eigenvalue weighted by atomic mass is 14.0. The molecule has 78 valence electrons. The molecule has 0 aromatic rings. The molecule has 0 radical (unpaired) electrons. The van der Waals surface area contributed by atoms with Gasteiger partial charge in [0.2, 0.25) is 0 Å². The number of allylic oxidation sites excluding steroid dienone is 4. The van der Waals surface area contributed by atoms with Crippen LogP contribution in [0.2, 0.25) is 0 Å². The lowest BCUT2D eigenvalue weighted by Gasteiger charge is -2.03. The standard InChI is InChI=1S/C12H16.C2H6/c1-2-3-4-6-9-12-10-7-5-8-11-12;1-2/h5,7,10H,2-3,8-9,11H2,1H3;1-2H3.